The molecule has 2 aromatic rings. The van der Waals surface area contributed by atoms with Gasteiger partial charge in [-0.1, -0.05) is 6.42 Å². The van der Waals surface area contributed by atoms with Crippen LogP contribution < -0.4 is 9.80 Å². The first-order valence-corrected chi connectivity index (χ1v) is 12.0. The second kappa shape index (κ2) is 8.72. The van der Waals surface area contributed by atoms with Crippen LogP contribution in [0.3, 0.4) is 0 Å². The molecule has 8 heteroatoms. The average Bonchev–Trinajstić information content (AvgIpc) is 3.27. The van der Waals surface area contributed by atoms with Gasteiger partial charge in [0.1, 0.15) is 17.8 Å². The molecule has 1 saturated carbocycles. The Morgan fingerprint density at radius 2 is 1.88 bits per heavy atom. The molecule has 0 unspecified atom stereocenters. The Morgan fingerprint density at radius 3 is 2.52 bits per heavy atom. The van der Waals surface area contributed by atoms with Gasteiger partial charge in [-0.2, -0.15) is 0 Å². The van der Waals surface area contributed by atoms with Gasteiger partial charge in [0.25, 0.3) is 5.91 Å². The van der Waals surface area contributed by atoms with Gasteiger partial charge in [0.05, 0.1) is 11.4 Å². The Hall–Kier alpha value is -3.03. The quantitative estimate of drug-likeness (QED) is 0.714. The average molecular weight is 449 g/mol. The summed E-state index contributed by atoms with van der Waals surface area (Å²) in [4.78, 5) is 44.7. The number of nitrogens with zero attached hydrogens (tertiary/aromatic N) is 6. The summed E-state index contributed by atoms with van der Waals surface area (Å²) >= 11 is 0. The molecular weight excluding hydrogens is 416 g/mol. The van der Waals surface area contributed by atoms with E-state index in [-0.39, 0.29) is 17.9 Å². The number of piperidine rings is 1. The Kier molecular flexibility index (Phi) is 5.76. The number of likely N-dealkylation sites (tertiary alicyclic amines) is 1. The third-order valence-electron chi connectivity index (χ3n) is 7.74. The molecule has 0 N–H and O–H groups in total. The van der Waals surface area contributed by atoms with Crippen LogP contribution in [-0.2, 0) is 4.79 Å². The van der Waals surface area contributed by atoms with E-state index in [1.165, 1.54) is 25.6 Å². The number of aromatic nitrogens is 3. The molecule has 0 bridgehead atoms. The summed E-state index contributed by atoms with van der Waals surface area (Å²) in [6, 6.07) is 5.79. The minimum Gasteiger partial charge on any atom is -0.356 e. The fourth-order valence-electron chi connectivity index (χ4n) is 5.70. The molecule has 0 aromatic carbocycles. The zero-order valence-corrected chi connectivity index (χ0v) is 19.5. The van der Waals surface area contributed by atoms with Crippen molar-refractivity contribution in [3.63, 3.8) is 0 Å². The molecule has 2 aromatic heterocycles. The largest absolute Gasteiger partial charge is 0.356 e. The van der Waals surface area contributed by atoms with Gasteiger partial charge in [0.15, 0.2) is 0 Å². The van der Waals surface area contributed by atoms with Crippen LogP contribution in [0.2, 0.25) is 0 Å². The second-order valence-corrected chi connectivity index (χ2v) is 9.81. The number of anilines is 2. The molecule has 4 heterocycles. The van der Waals surface area contributed by atoms with E-state index in [0.29, 0.717) is 11.1 Å². The van der Waals surface area contributed by atoms with Gasteiger partial charge in [-0.05, 0) is 56.6 Å². The van der Waals surface area contributed by atoms with Crippen LogP contribution in [0.15, 0.2) is 30.7 Å². The third-order valence-corrected chi connectivity index (χ3v) is 7.74. The van der Waals surface area contributed by atoms with E-state index in [9.17, 15) is 9.59 Å². The number of hydrogen-bond donors (Lipinski definition) is 0. The maximum atomic E-state index is 13.1. The van der Waals surface area contributed by atoms with Crippen molar-refractivity contribution in [3.8, 4) is 0 Å². The van der Waals surface area contributed by atoms with Gasteiger partial charge in [-0.3, -0.25) is 14.6 Å². The smallest absolute Gasteiger partial charge is 0.272 e. The van der Waals surface area contributed by atoms with Crippen molar-refractivity contribution in [3.05, 3.63) is 42.1 Å². The highest BCUT2D eigenvalue weighted by Gasteiger charge is 2.44. The van der Waals surface area contributed by atoms with Gasteiger partial charge < -0.3 is 14.7 Å². The normalized spacial score (nSPS) is 20.1. The van der Waals surface area contributed by atoms with Crippen molar-refractivity contribution in [1.82, 2.24) is 19.9 Å². The van der Waals surface area contributed by atoms with E-state index < -0.39 is 0 Å². The molecule has 8 nitrogen and oxygen atoms in total. The minimum atomic E-state index is 0.0205. The fourth-order valence-corrected chi connectivity index (χ4v) is 5.70. The SMILES string of the molecule is CC(=O)N(c1cccnc1C)C1CCN(c2cc(C(=O)N3CCC4(CCC4)C3)ncn2)CC1. The minimum absolute atomic E-state index is 0.0205. The zero-order chi connectivity index (χ0) is 23.0. The van der Waals surface area contributed by atoms with Crippen LogP contribution in [0.25, 0.3) is 0 Å². The van der Waals surface area contributed by atoms with Crippen molar-refractivity contribution in [2.45, 2.75) is 58.4 Å². The topological polar surface area (TPSA) is 82.5 Å². The Labute approximate surface area is 195 Å². The van der Waals surface area contributed by atoms with E-state index in [4.69, 9.17) is 0 Å². The monoisotopic (exact) mass is 448 g/mol. The van der Waals surface area contributed by atoms with Gasteiger partial charge in [0, 0.05) is 51.4 Å². The standard InChI is InChI=1S/C25H32N6O2/c1-18-22(5-3-11-26-18)31(19(2)32)20-6-12-29(13-7-20)23-15-21(27-17-28-23)24(33)30-14-10-25(16-30)8-4-9-25/h3,5,11,15,17,20H,4,6-10,12-14,16H2,1-2H3. The highest BCUT2D eigenvalue weighted by Crippen LogP contribution is 2.48. The van der Waals surface area contributed by atoms with Gasteiger partial charge in [-0.15, -0.1) is 0 Å². The summed E-state index contributed by atoms with van der Waals surface area (Å²) < 4.78 is 0. The van der Waals surface area contributed by atoms with Crippen LogP contribution in [-0.4, -0.2) is 63.9 Å². The number of rotatable bonds is 4. The summed E-state index contributed by atoms with van der Waals surface area (Å²) in [7, 11) is 0. The van der Waals surface area contributed by atoms with Crippen molar-refractivity contribution < 1.29 is 9.59 Å². The molecule has 3 aliphatic rings. The van der Waals surface area contributed by atoms with Crippen molar-refractivity contribution >= 4 is 23.3 Å². The van der Waals surface area contributed by atoms with Crippen LogP contribution in [0.1, 0.15) is 61.6 Å². The molecule has 1 spiro atoms. The molecule has 174 valence electrons. The van der Waals surface area contributed by atoms with Crippen LogP contribution in [0, 0.1) is 12.3 Å². The number of carbonyl (C=O) groups is 2. The number of pyridine rings is 1. The number of amides is 2. The van der Waals surface area contributed by atoms with Crippen molar-refractivity contribution in [2.75, 3.05) is 36.0 Å². The zero-order valence-electron chi connectivity index (χ0n) is 19.5. The Morgan fingerprint density at radius 1 is 1.09 bits per heavy atom. The lowest BCUT2D eigenvalue weighted by atomic mass is 9.68. The molecule has 0 radical (unpaired) electrons. The Balaban J connectivity index is 1.25. The molecular formula is C25H32N6O2. The van der Waals surface area contributed by atoms with Crippen LogP contribution in [0.5, 0.6) is 0 Å². The maximum absolute atomic E-state index is 13.1. The number of carbonyl (C=O) groups excluding carboxylic acids is 2. The molecule has 0 atom stereocenters. The second-order valence-electron chi connectivity index (χ2n) is 9.81. The van der Waals surface area contributed by atoms with E-state index >= 15 is 0 Å². The summed E-state index contributed by atoms with van der Waals surface area (Å²) in [5.74, 6) is 0.845. The molecule has 3 fully saturated rings. The molecule has 1 aliphatic carbocycles. The van der Waals surface area contributed by atoms with Gasteiger partial charge in [-0.25, -0.2) is 9.97 Å². The van der Waals surface area contributed by atoms with Crippen LogP contribution in [0.4, 0.5) is 11.5 Å². The summed E-state index contributed by atoms with van der Waals surface area (Å²) in [6.07, 6.45) is 9.82. The van der Waals surface area contributed by atoms with Gasteiger partial charge >= 0.3 is 0 Å². The molecule has 33 heavy (non-hydrogen) atoms. The molecule has 5 rings (SSSR count). The molecule has 2 saturated heterocycles. The fraction of sp³-hybridized carbons (Fsp3) is 0.560. The van der Waals surface area contributed by atoms with E-state index in [1.54, 1.807) is 13.1 Å². The number of hydrogen-bond acceptors (Lipinski definition) is 6. The van der Waals surface area contributed by atoms with E-state index in [2.05, 4.69) is 19.9 Å². The predicted molar refractivity (Wildman–Crippen MR) is 126 cm³/mol. The summed E-state index contributed by atoms with van der Waals surface area (Å²) in [5, 5.41) is 0. The third kappa shape index (κ3) is 4.18. The lowest BCUT2D eigenvalue weighted by Crippen LogP contribution is -2.47. The van der Waals surface area contributed by atoms with Crippen LogP contribution >= 0.6 is 0 Å². The summed E-state index contributed by atoms with van der Waals surface area (Å²) in [6.45, 7) is 6.79. The number of aryl methyl sites for hydroxylation is 1. The first-order chi connectivity index (χ1) is 16.0. The van der Waals surface area contributed by atoms with Crippen molar-refractivity contribution in [2.24, 2.45) is 5.41 Å². The van der Waals surface area contributed by atoms with E-state index in [1.807, 2.05) is 34.9 Å². The first kappa shape index (κ1) is 21.8. The summed E-state index contributed by atoms with van der Waals surface area (Å²) in [5.41, 5.74) is 2.60. The highest BCUT2D eigenvalue weighted by molar-refractivity contribution is 5.93. The van der Waals surface area contributed by atoms with E-state index in [0.717, 1.165) is 62.6 Å². The molecule has 2 aliphatic heterocycles. The first-order valence-electron chi connectivity index (χ1n) is 12.0. The molecule has 2 amide bonds. The van der Waals surface area contributed by atoms with Crippen molar-refractivity contribution in [1.29, 1.82) is 0 Å². The predicted octanol–water partition coefficient (Wildman–Crippen LogP) is 3.22. The maximum Gasteiger partial charge on any atom is 0.272 e. The lowest BCUT2D eigenvalue weighted by Gasteiger charge is -2.39. The highest BCUT2D eigenvalue weighted by atomic mass is 16.2. The lowest BCUT2D eigenvalue weighted by molar-refractivity contribution is -0.117. The van der Waals surface area contributed by atoms with Gasteiger partial charge in [0.2, 0.25) is 5.91 Å². The Bertz CT molecular complexity index is 1040.